The maximum atomic E-state index is 15.4. The summed E-state index contributed by atoms with van der Waals surface area (Å²) >= 11 is 0. The molecule has 2 heterocycles. The zero-order chi connectivity index (χ0) is 33.0. The number of amides is 1. The smallest absolute Gasteiger partial charge is 0.243 e. The predicted molar refractivity (Wildman–Crippen MR) is 175 cm³/mol. The molecule has 0 radical (unpaired) electrons. The molecular formula is C35H44F2N4O4S. The van der Waals surface area contributed by atoms with E-state index in [4.69, 9.17) is 10.5 Å². The monoisotopic (exact) mass is 654 g/mol. The van der Waals surface area contributed by atoms with Crippen LogP contribution in [0.1, 0.15) is 57.1 Å². The van der Waals surface area contributed by atoms with Gasteiger partial charge in [0.2, 0.25) is 15.9 Å². The molecule has 0 bridgehead atoms. The van der Waals surface area contributed by atoms with Crippen LogP contribution in [0.15, 0.2) is 77.7 Å². The van der Waals surface area contributed by atoms with Gasteiger partial charge in [-0.05, 0) is 94.3 Å². The number of anilines is 1. The first-order valence-corrected chi connectivity index (χ1v) is 17.4. The van der Waals surface area contributed by atoms with Crippen molar-refractivity contribution in [2.75, 3.05) is 18.4 Å². The normalized spacial score (nSPS) is 25.5. The van der Waals surface area contributed by atoms with Crippen LogP contribution in [0, 0.1) is 17.6 Å². The minimum Gasteiger partial charge on any atom is -0.376 e. The molecule has 2 fully saturated rings. The van der Waals surface area contributed by atoms with E-state index in [9.17, 15) is 17.6 Å². The molecule has 5 rings (SSSR count). The third-order valence-electron chi connectivity index (χ3n) is 9.22. The molecule has 11 heteroatoms. The fourth-order valence-electron chi connectivity index (χ4n) is 7.20. The fraction of sp³-hybridized carbons (Fsp3) is 0.457. The minimum absolute atomic E-state index is 0.00952. The van der Waals surface area contributed by atoms with Crippen LogP contribution < -0.4 is 16.4 Å². The molecule has 0 spiro atoms. The maximum Gasteiger partial charge on any atom is 0.243 e. The van der Waals surface area contributed by atoms with Gasteiger partial charge in [0.05, 0.1) is 23.1 Å². The number of halogens is 2. The van der Waals surface area contributed by atoms with E-state index in [1.807, 2.05) is 20.8 Å². The molecule has 2 aliphatic heterocycles. The summed E-state index contributed by atoms with van der Waals surface area (Å²) in [5.41, 5.74) is 8.03. The second kappa shape index (κ2) is 14.7. The first-order valence-electron chi connectivity index (χ1n) is 16.0. The Balaban J connectivity index is 1.36. The Labute approximate surface area is 270 Å². The number of nitrogens with zero attached hydrogens (tertiary/aromatic N) is 1. The summed E-state index contributed by atoms with van der Waals surface area (Å²) in [6.07, 6.45) is 1.85. The molecular weight excluding hydrogens is 610 g/mol. The van der Waals surface area contributed by atoms with Crippen molar-refractivity contribution in [1.82, 2.24) is 9.62 Å². The van der Waals surface area contributed by atoms with Crippen LogP contribution in [-0.4, -0.2) is 62.1 Å². The summed E-state index contributed by atoms with van der Waals surface area (Å²) in [7, 11) is -3.79. The molecule has 4 N–H and O–H groups in total. The van der Waals surface area contributed by atoms with Gasteiger partial charge in [0.25, 0.3) is 0 Å². The van der Waals surface area contributed by atoms with Crippen LogP contribution >= 0.6 is 0 Å². The van der Waals surface area contributed by atoms with Crippen molar-refractivity contribution in [3.05, 3.63) is 95.6 Å². The zero-order valence-corrected chi connectivity index (χ0v) is 27.4. The molecule has 248 valence electrons. The standard InChI is InChI=1S/C35H44F2N4O4S/c1-22-20-39-21-28(41(22)46(43,44)29-8-5-4-6-9-29)16-17-30-31(37)10-7-11-32(30)40-35(42)34(38)33(25-12-14-27(36)15-13-25)26-18-23(2)45-24(3)19-26/h4-15,22-24,26,28,33-34,39H,16-21,38H2,1-3H3,(H,40,42). The highest BCUT2D eigenvalue weighted by Crippen LogP contribution is 2.39. The van der Waals surface area contributed by atoms with Crippen LogP contribution in [0.25, 0.3) is 0 Å². The van der Waals surface area contributed by atoms with Crippen molar-refractivity contribution >= 4 is 21.6 Å². The predicted octanol–water partition coefficient (Wildman–Crippen LogP) is 5.20. The number of piperazine rings is 1. The molecule has 8 nitrogen and oxygen atoms in total. The molecule has 0 saturated carbocycles. The molecule has 2 aliphatic rings. The number of rotatable bonds is 10. The Bertz CT molecular complexity index is 1580. The second-order valence-electron chi connectivity index (χ2n) is 12.7. The molecule has 2 saturated heterocycles. The third kappa shape index (κ3) is 7.66. The number of benzene rings is 3. The van der Waals surface area contributed by atoms with E-state index in [1.54, 1.807) is 48.5 Å². The Morgan fingerprint density at radius 3 is 2.33 bits per heavy atom. The largest absolute Gasteiger partial charge is 0.376 e. The Kier molecular flexibility index (Phi) is 10.9. The van der Waals surface area contributed by atoms with Crippen LogP contribution in [0.5, 0.6) is 0 Å². The van der Waals surface area contributed by atoms with Gasteiger partial charge in [-0.2, -0.15) is 4.31 Å². The summed E-state index contributed by atoms with van der Waals surface area (Å²) in [5, 5.41) is 6.18. The van der Waals surface area contributed by atoms with Gasteiger partial charge < -0.3 is 21.1 Å². The first kappa shape index (κ1) is 34.1. The van der Waals surface area contributed by atoms with Crippen LogP contribution in [0.4, 0.5) is 14.5 Å². The SMILES string of the molecule is CC1CC(C(c2ccc(F)cc2)C(N)C(=O)Nc2cccc(F)c2CCC2CNCC(C)N2S(=O)(=O)c2ccccc2)CC(C)O1. The number of hydrogen-bond acceptors (Lipinski definition) is 6. The van der Waals surface area contributed by atoms with Crippen LogP contribution in [0.2, 0.25) is 0 Å². The van der Waals surface area contributed by atoms with E-state index < -0.39 is 39.7 Å². The number of sulfonamides is 1. The molecule has 6 atom stereocenters. The van der Waals surface area contributed by atoms with Crippen LogP contribution in [-0.2, 0) is 26.0 Å². The number of nitrogens with one attached hydrogen (secondary N) is 2. The highest BCUT2D eigenvalue weighted by atomic mass is 32.2. The van der Waals surface area contributed by atoms with Crippen molar-refractivity contribution < 1.29 is 26.7 Å². The van der Waals surface area contributed by atoms with Gasteiger partial charge >= 0.3 is 0 Å². The molecule has 6 unspecified atom stereocenters. The van der Waals surface area contributed by atoms with Crippen molar-refractivity contribution in [2.45, 2.75) is 87.6 Å². The van der Waals surface area contributed by atoms with Crippen LogP contribution in [0.3, 0.4) is 0 Å². The van der Waals surface area contributed by atoms with Gasteiger partial charge in [-0.1, -0.05) is 36.4 Å². The fourth-order valence-corrected chi connectivity index (χ4v) is 9.07. The van der Waals surface area contributed by atoms with Crippen molar-refractivity contribution in [3.8, 4) is 0 Å². The number of carbonyl (C=O) groups excluding carboxylic acids is 1. The van der Waals surface area contributed by atoms with E-state index in [0.717, 1.165) is 5.56 Å². The van der Waals surface area contributed by atoms with Gasteiger partial charge in [0.15, 0.2) is 0 Å². The second-order valence-corrected chi connectivity index (χ2v) is 14.5. The quantitative estimate of drug-likeness (QED) is 0.277. The zero-order valence-electron chi connectivity index (χ0n) is 26.5. The Hall–Kier alpha value is -3.22. The van der Waals surface area contributed by atoms with Crippen molar-refractivity contribution in [3.63, 3.8) is 0 Å². The Morgan fingerprint density at radius 2 is 1.65 bits per heavy atom. The summed E-state index contributed by atoms with van der Waals surface area (Å²) in [6.45, 7) is 6.75. The van der Waals surface area contributed by atoms with E-state index >= 15 is 4.39 Å². The number of carbonyl (C=O) groups is 1. The highest BCUT2D eigenvalue weighted by Gasteiger charge is 2.39. The lowest BCUT2D eigenvalue weighted by Gasteiger charge is -2.40. The van der Waals surface area contributed by atoms with E-state index in [1.165, 1.54) is 28.6 Å². The van der Waals surface area contributed by atoms with Gasteiger partial charge in [0.1, 0.15) is 11.6 Å². The van der Waals surface area contributed by atoms with Gasteiger partial charge in [0, 0.05) is 42.3 Å². The lowest BCUT2D eigenvalue weighted by molar-refractivity contribution is -0.119. The average Bonchev–Trinajstić information content (AvgIpc) is 3.01. The van der Waals surface area contributed by atoms with Crippen molar-refractivity contribution in [2.24, 2.45) is 11.7 Å². The maximum absolute atomic E-state index is 15.4. The number of hydrogen-bond donors (Lipinski definition) is 3. The van der Waals surface area contributed by atoms with E-state index in [-0.39, 0.29) is 46.9 Å². The van der Waals surface area contributed by atoms with Gasteiger partial charge in [-0.15, -0.1) is 0 Å². The summed E-state index contributed by atoms with van der Waals surface area (Å²) < 4.78 is 64.0. The molecule has 0 aromatic heterocycles. The molecule has 46 heavy (non-hydrogen) atoms. The minimum atomic E-state index is -3.79. The van der Waals surface area contributed by atoms with Gasteiger partial charge in [-0.3, -0.25) is 4.79 Å². The number of nitrogens with two attached hydrogens (primary N) is 1. The highest BCUT2D eigenvalue weighted by molar-refractivity contribution is 7.89. The Morgan fingerprint density at radius 1 is 0.978 bits per heavy atom. The topological polar surface area (TPSA) is 114 Å². The number of ether oxygens (including phenoxy) is 1. The van der Waals surface area contributed by atoms with Gasteiger partial charge in [-0.25, -0.2) is 17.2 Å². The summed E-state index contributed by atoms with van der Waals surface area (Å²) in [5.74, 6) is -1.76. The first-order chi connectivity index (χ1) is 22.0. The van der Waals surface area contributed by atoms with E-state index in [2.05, 4.69) is 10.6 Å². The summed E-state index contributed by atoms with van der Waals surface area (Å²) in [4.78, 5) is 14.0. The molecule has 3 aromatic carbocycles. The molecule has 0 aliphatic carbocycles. The van der Waals surface area contributed by atoms with E-state index in [0.29, 0.717) is 38.0 Å². The lowest BCUT2D eigenvalue weighted by atomic mass is 9.74. The average molecular weight is 655 g/mol. The molecule has 1 amide bonds. The van der Waals surface area contributed by atoms with Crippen molar-refractivity contribution in [1.29, 1.82) is 0 Å². The molecule has 3 aromatic rings. The summed E-state index contributed by atoms with van der Waals surface area (Å²) in [6, 6.07) is 17.1. The lowest BCUT2D eigenvalue weighted by Crippen LogP contribution is -2.58. The third-order valence-corrected chi connectivity index (χ3v) is 11.3.